The fourth-order valence-corrected chi connectivity index (χ4v) is 4.72. The number of carbonyl (C=O) groups excluding carboxylic acids is 2. The summed E-state index contributed by atoms with van der Waals surface area (Å²) in [5.74, 6) is -4.25. The van der Waals surface area contributed by atoms with Gasteiger partial charge in [-0.3, -0.25) is 14.5 Å². The molecule has 0 aliphatic carbocycles. The molecule has 0 unspecified atom stereocenters. The van der Waals surface area contributed by atoms with Crippen LogP contribution >= 0.6 is 23.1 Å². The molecule has 15 heteroatoms. The molecule has 12 nitrogen and oxygen atoms in total. The number of nitrogens with zero attached hydrogens (tertiary/aromatic N) is 3. The van der Waals surface area contributed by atoms with Gasteiger partial charge in [0.05, 0.1) is 0 Å². The number of amides is 2. The van der Waals surface area contributed by atoms with Gasteiger partial charge in [0.15, 0.2) is 10.8 Å². The number of β-lactam (4-membered cyclic amide) rings is 1. The summed E-state index contributed by atoms with van der Waals surface area (Å²) in [6.07, 6.45) is 1.34. The van der Waals surface area contributed by atoms with Gasteiger partial charge in [-0.2, -0.15) is 4.39 Å². The first-order valence-corrected chi connectivity index (χ1v) is 10.2. The topological polar surface area (TPSA) is 185 Å². The predicted octanol–water partition coefficient (Wildman–Crippen LogP) is -0.406. The summed E-state index contributed by atoms with van der Waals surface area (Å²) in [7, 11) is 0. The fourth-order valence-electron chi connectivity index (χ4n) is 2.82. The normalized spacial score (nSPS) is 20.6. The Morgan fingerprint density at radius 2 is 2.16 bits per heavy atom. The summed E-state index contributed by atoms with van der Waals surface area (Å²) in [6.45, 7) is 2.62. The van der Waals surface area contributed by atoms with E-state index >= 15 is 0 Å². The van der Waals surface area contributed by atoms with E-state index in [0.717, 1.165) is 4.90 Å². The first-order chi connectivity index (χ1) is 14.6. The Hall–Kier alpha value is -3.46. The number of nitrogens with one attached hydrogen (secondary N) is 1. The van der Waals surface area contributed by atoms with E-state index < -0.39 is 58.3 Å². The highest BCUT2D eigenvalue weighted by atomic mass is 32.2. The minimum absolute atomic E-state index is 0.215. The number of oxime groups is 1. The number of nitrogen functional groups attached to an aromatic ring is 1. The molecule has 2 aliphatic rings. The third kappa shape index (κ3) is 4.22. The van der Waals surface area contributed by atoms with E-state index in [9.17, 15) is 28.7 Å². The van der Waals surface area contributed by atoms with Crippen LogP contribution in [0.25, 0.3) is 0 Å². The minimum atomic E-state index is -1.39. The zero-order chi connectivity index (χ0) is 22.9. The smallest absolute Gasteiger partial charge is 0.352 e. The van der Waals surface area contributed by atoms with E-state index in [1.54, 1.807) is 0 Å². The summed E-state index contributed by atoms with van der Waals surface area (Å²) < 4.78 is 14.1. The van der Waals surface area contributed by atoms with E-state index in [1.165, 1.54) is 17.8 Å². The second-order valence-corrected chi connectivity index (χ2v) is 8.11. The van der Waals surface area contributed by atoms with Crippen molar-refractivity contribution in [3.05, 3.63) is 34.7 Å². The zero-order valence-corrected chi connectivity index (χ0v) is 17.0. The fraction of sp³-hybridized carbons (Fsp3) is 0.250. The number of carboxylic acids is 2. The molecule has 0 saturated carbocycles. The largest absolute Gasteiger partial charge is 0.479 e. The maximum atomic E-state index is 14.1. The van der Waals surface area contributed by atoms with Gasteiger partial charge in [-0.25, -0.2) is 14.6 Å². The predicted molar refractivity (Wildman–Crippen MR) is 106 cm³/mol. The molecule has 1 aromatic rings. The number of fused-ring (bicyclic) bond motifs is 1. The van der Waals surface area contributed by atoms with Crippen LogP contribution in [-0.2, 0) is 24.0 Å². The number of aliphatic carboxylic acids is 2. The van der Waals surface area contributed by atoms with Crippen molar-refractivity contribution in [2.24, 2.45) is 5.16 Å². The molecule has 2 amide bonds. The Labute approximate surface area is 181 Å². The van der Waals surface area contributed by atoms with Gasteiger partial charge < -0.3 is 26.1 Å². The highest BCUT2D eigenvalue weighted by Gasteiger charge is 2.54. The summed E-state index contributed by atoms with van der Waals surface area (Å²) in [5, 5.41) is 21.8. The van der Waals surface area contributed by atoms with Crippen LogP contribution < -0.4 is 11.1 Å². The van der Waals surface area contributed by atoms with Gasteiger partial charge >= 0.3 is 11.9 Å². The number of thioether (sulfide) groups is 1. The lowest BCUT2D eigenvalue weighted by Crippen LogP contribution is -2.71. The van der Waals surface area contributed by atoms with Crippen molar-refractivity contribution in [1.29, 1.82) is 0 Å². The number of aromatic nitrogens is 1. The van der Waals surface area contributed by atoms with E-state index in [2.05, 4.69) is 26.9 Å². The van der Waals surface area contributed by atoms with Crippen LogP contribution in [0.2, 0.25) is 0 Å². The number of nitrogens with two attached hydrogens (primary N) is 1. The molecule has 0 radical (unpaired) electrons. The number of hydrogen-bond acceptors (Lipinski definition) is 10. The quantitative estimate of drug-likeness (QED) is 0.221. The van der Waals surface area contributed by atoms with Crippen molar-refractivity contribution >= 4 is 57.7 Å². The van der Waals surface area contributed by atoms with Gasteiger partial charge in [0.1, 0.15) is 22.8 Å². The standard InChI is InChI=1S/C16H14FN5O7S2/c1-2-5-4-30-14-9(13(26)22(14)10(5)15(27)28)19-12(25)8(21-29-3-6(23)24)7-11(17)31-16(18)20-7/h2,9,14H,1,3-4H2,(H2,18,20)(H,19,25)(H,23,24)(H,27,28)/b21-8+/t9-,14-/m1/s1. The second kappa shape index (κ2) is 8.73. The number of halogens is 1. The Bertz CT molecular complexity index is 1050. The average molecular weight is 471 g/mol. The summed E-state index contributed by atoms with van der Waals surface area (Å²) >= 11 is 1.62. The molecule has 0 spiro atoms. The van der Waals surface area contributed by atoms with Crippen LogP contribution in [0.1, 0.15) is 5.69 Å². The van der Waals surface area contributed by atoms with Crippen molar-refractivity contribution in [1.82, 2.24) is 15.2 Å². The molecule has 0 aromatic carbocycles. The maximum Gasteiger partial charge on any atom is 0.352 e. The Kier molecular flexibility index (Phi) is 6.26. The molecule has 2 aliphatic heterocycles. The van der Waals surface area contributed by atoms with Gasteiger partial charge in [0.25, 0.3) is 11.8 Å². The number of carbonyl (C=O) groups is 4. The van der Waals surface area contributed by atoms with Gasteiger partial charge in [-0.05, 0) is 5.57 Å². The molecular formula is C16H14FN5O7S2. The molecule has 3 heterocycles. The molecule has 31 heavy (non-hydrogen) atoms. The minimum Gasteiger partial charge on any atom is -0.479 e. The van der Waals surface area contributed by atoms with Crippen molar-refractivity contribution in [3.63, 3.8) is 0 Å². The third-order valence-electron chi connectivity index (χ3n) is 4.12. The zero-order valence-electron chi connectivity index (χ0n) is 15.4. The number of rotatable bonds is 8. The first-order valence-electron chi connectivity index (χ1n) is 8.34. The lowest BCUT2D eigenvalue weighted by Gasteiger charge is -2.49. The Morgan fingerprint density at radius 3 is 2.71 bits per heavy atom. The van der Waals surface area contributed by atoms with E-state index in [4.69, 9.17) is 10.8 Å². The van der Waals surface area contributed by atoms with E-state index in [0.29, 0.717) is 16.9 Å². The van der Waals surface area contributed by atoms with Crippen LogP contribution in [0.5, 0.6) is 0 Å². The lowest BCUT2D eigenvalue weighted by atomic mass is 10.0. The van der Waals surface area contributed by atoms with Gasteiger partial charge in [0.2, 0.25) is 11.7 Å². The maximum absolute atomic E-state index is 14.1. The van der Waals surface area contributed by atoms with Gasteiger partial charge in [-0.15, -0.1) is 11.8 Å². The monoisotopic (exact) mass is 471 g/mol. The van der Waals surface area contributed by atoms with Crippen LogP contribution in [0.3, 0.4) is 0 Å². The summed E-state index contributed by atoms with van der Waals surface area (Å²) in [5.41, 5.74) is 4.25. The summed E-state index contributed by atoms with van der Waals surface area (Å²) in [4.78, 5) is 56.6. The van der Waals surface area contributed by atoms with Crippen molar-refractivity contribution in [3.8, 4) is 0 Å². The van der Waals surface area contributed by atoms with Gasteiger partial charge in [-0.1, -0.05) is 29.1 Å². The van der Waals surface area contributed by atoms with E-state index in [1.807, 2.05) is 0 Å². The molecule has 2 atom stereocenters. The number of anilines is 1. The van der Waals surface area contributed by atoms with Crippen LogP contribution in [0, 0.1) is 5.13 Å². The second-order valence-electron chi connectivity index (χ2n) is 6.03. The highest BCUT2D eigenvalue weighted by molar-refractivity contribution is 8.00. The lowest BCUT2D eigenvalue weighted by molar-refractivity contribution is -0.150. The van der Waals surface area contributed by atoms with Crippen LogP contribution in [0.4, 0.5) is 9.52 Å². The molecule has 164 valence electrons. The SMILES string of the molecule is C=CC1=C(C(=O)O)N2C(=O)[C@@H](NC(=O)/C(=N/OCC(=O)O)c3nc(N)sc3F)[C@H]2SC1. The highest BCUT2D eigenvalue weighted by Crippen LogP contribution is 2.40. The summed E-state index contributed by atoms with van der Waals surface area (Å²) in [6, 6.07) is -1.14. The van der Waals surface area contributed by atoms with E-state index in [-0.39, 0.29) is 16.6 Å². The van der Waals surface area contributed by atoms with Gasteiger partial charge in [0, 0.05) is 5.75 Å². The Balaban J connectivity index is 1.83. The molecule has 0 bridgehead atoms. The number of allylic oxidation sites excluding steroid dienone is 1. The van der Waals surface area contributed by atoms with Crippen LogP contribution in [0.15, 0.2) is 29.1 Å². The molecular weight excluding hydrogens is 457 g/mol. The number of hydrogen-bond donors (Lipinski definition) is 4. The van der Waals surface area contributed by atoms with Crippen molar-refractivity contribution in [2.45, 2.75) is 11.4 Å². The number of carboxylic acid groups (broad SMARTS) is 2. The van der Waals surface area contributed by atoms with Crippen molar-refractivity contribution in [2.75, 3.05) is 18.1 Å². The first kappa shape index (κ1) is 22.2. The number of thiazole rings is 1. The molecule has 1 saturated heterocycles. The molecule has 1 fully saturated rings. The van der Waals surface area contributed by atoms with Crippen LogP contribution in [-0.4, -0.2) is 73.3 Å². The van der Waals surface area contributed by atoms with Crippen molar-refractivity contribution < 1.29 is 38.6 Å². The average Bonchev–Trinajstić information content (AvgIpc) is 3.05. The molecule has 1 aromatic heterocycles. The molecule has 3 rings (SSSR count). The third-order valence-corrected chi connectivity index (χ3v) is 6.09. The Morgan fingerprint density at radius 1 is 1.45 bits per heavy atom. The molecule has 5 N–H and O–H groups in total.